The molecular formula is C23H33N3O4S. The molecule has 0 radical (unpaired) electrons. The number of sulfonamides is 1. The molecule has 7 nitrogen and oxygen atoms in total. The molecule has 1 unspecified atom stereocenters. The Balaban J connectivity index is 0.000000327. The first-order valence-corrected chi connectivity index (χ1v) is 11.6. The molecule has 31 heavy (non-hydrogen) atoms. The van der Waals surface area contributed by atoms with Crippen LogP contribution in [-0.2, 0) is 26.0 Å². The zero-order valence-corrected chi connectivity index (χ0v) is 19.1. The summed E-state index contributed by atoms with van der Waals surface area (Å²) in [6.45, 7) is 7.80. The minimum Gasteiger partial charge on any atom is -0.368 e. The van der Waals surface area contributed by atoms with E-state index in [1.165, 1.54) is 10.4 Å². The van der Waals surface area contributed by atoms with Gasteiger partial charge in [-0.2, -0.15) is 4.31 Å². The molecule has 1 aromatic rings. The molecule has 1 aromatic carbocycles. The molecule has 2 rings (SSSR count). The summed E-state index contributed by atoms with van der Waals surface area (Å²) >= 11 is 0. The number of primary amides is 1. The largest absolute Gasteiger partial charge is 0.368 e. The zero-order chi connectivity index (χ0) is 23.4. The van der Waals surface area contributed by atoms with E-state index in [2.05, 4.69) is 6.58 Å². The topological polar surface area (TPSA) is 124 Å². The van der Waals surface area contributed by atoms with Crippen molar-refractivity contribution in [3.05, 3.63) is 71.2 Å². The summed E-state index contributed by atoms with van der Waals surface area (Å²) < 4.78 is 25.7. The Morgan fingerprint density at radius 3 is 2.55 bits per heavy atom. The number of hydrogen-bond acceptors (Lipinski definition) is 5. The lowest BCUT2D eigenvalue weighted by molar-refractivity contribution is -0.119. The highest BCUT2D eigenvalue weighted by Crippen LogP contribution is 2.23. The van der Waals surface area contributed by atoms with E-state index in [-0.39, 0.29) is 4.91 Å². The molecule has 0 spiro atoms. The second-order valence-corrected chi connectivity index (χ2v) is 9.25. The summed E-state index contributed by atoms with van der Waals surface area (Å²) in [6, 6.07) is 6.70. The van der Waals surface area contributed by atoms with Gasteiger partial charge in [-0.25, -0.2) is 8.42 Å². The number of piperidine rings is 1. The van der Waals surface area contributed by atoms with Gasteiger partial charge < -0.3 is 16.3 Å². The van der Waals surface area contributed by atoms with Crippen LogP contribution in [0.4, 0.5) is 0 Å². The van der Waals surface area contributed by atoms with E-state index in [0.717, 1.165) is 24.0 Å². The number of aryl methyl sites for hydroxylation is 1. The Bertz CT molecular complexity index is 923. The molecular weight excluding hydrogens is 414 g/mol. The third-order valence-electron chi connectivity index (χ3n) is 4.95. The number of allylic oxidation sites excluding steroid dienone is 4. The first-order valence-electron chi connectivity index (χ1n) is 10.2. The van der Waals surface area contributed by atoms with E-state index in [9.17, 15) is 18.0 Å². The highest BCUT2D eigenvalue weighted by molar-refractivity contribution is 7.93. The van der Waals surface area contributed by atoms with Gasteiger partial charge in [-0.05, 0) is 50.3 Å². The molecule has 0 bridgehead atoms. The molecule has 1 saturated heterocycles. The number of aldehydes is 1. The first-order chi connectivity index (χ1) is 14.6. The van der Waals surface area contributed by atoms with Crippen molar-refractivity contribution in [3.63, 3.8) is 0 Å². The van der Waals surface area contributed by atoms with Crippen LogP contribution in [-0.4, -0.2) is 43.5 Å². The number of amides is 1. The number of hydrogen-bond donors (Lipinski definition) is 2. The third-order valence-corrected chi connectivity index (χ3v) is 6.82. The SMILES string of the molecule is C=C(/C=C\C=C/C)S(=O)(=O)N1CCCCC1C=O.Cc1ccccc1C[C@H](N)C(N)=O. The summed E-state index contributed by atoms with van der Waals surface area (Å²) in [5, 5.41) is 0. The van der Waals surface area contributed by atoms with E-state index in [4.69, 9.17) is 11.5 Å². The Morgan fingerprint density at radius 2 is 1.97 bits per heavy atom. The van der Waals surface area contributed by atoms with Gasteiger partial charge in [-0.1, -0.05) is 55.5 Å². The van der Waals surface area contributed by atoms with Gasteiger partial charge in [-0.3, -0.25) is 4.79 Å². The Hall–Kier alpha value is -2.55. The minimum absolute atomic E-state index is 0.0225. The number of carbonyl (C=O) groups is 2. The van der Waals surface area contributed by atoms with E-state index in [0.29, 0.717) is 25.7 Å². The monoisotopic (exact) mass is 447 g/mol. The molecule has 2 atom stereocenters. The van der Waals surface area contributed by atoms with Crippen LogP contribution in [0.5, 0.6) is 0 Å². The zero-order valence-electron chi connectivity index (χ0n) is 18.2. The highest BCUT2D eigenvalue weighted by atomic mass is 32.2. The lowest BCUT2D eigenvalue weighted by Crippen LogP contribution is -2.44. The van der Waals surface area contributed by atoms with Crippen molar-refractivity contribution < 1.29 is 18.0 Å². The van der Waals surface area contributed by atoms with Crippen molar-refractivity contribution in [3.8, 4) is 0 Å². The van der Waals surface area contributed by atoms with Gasteiger partial charge in [0.05, 0.1) is 17.0 Å². The average molecular weight is 448 g/mol. The van der Waals surface area contributed by atoms with Crippen LogP contribution in [0, 0.1) is 6.92 Å². The number of rotatable bonds is 8. The first kappa shape index (κ1) is 26.5. The summed E-state index contributed by atoms with van der Waals surface area (Å²) in [6.07, 6.45) is 10.1. The highest BCUT2D eigenvalue weighted by Gasteiger charge is 2.32. The predicted molar refractivity (Wildman–Crippen MR) is 124 cm³/mol. The molecule has 1 aliphatic rings. The molecule has 4 N–H and O–H groups in total. The lowest BCUT2D eigenvalue weighted by Gasteiger charge is -2.31. The van der Waals surface area contributed by atoms with Crippen LogP contribution < -0.4 is 11.5 Å². The number of benzene rings is 1. The van der Waals surface area contributed by atoms with Crippen molar-refractivity contribution in [1.29, 1.82) is 0 Å². The summed E-state index contributed by atoms with van der Waals surface area (Å²) in [5.41, 5.74) is 12.8. The second-order valence-electron chi connectivity index (χ2n) is 7.31. The fourth-order valence-corrected chi connectivity index (χ4v) is 4.49. The van der Waals surface area contributed by atoms with Crippen LogP contribution in [0.1, 0.15) is 37.3 Å². The van der Waals surface area contributed by atoms with Crippen LogP contribution in [0.2, 0.25) is 0 Å². The van der Waals surface area contributed by atoms with Crippen molar-refractivity contribution in [1.82, 2.24) is 4.31 Å². The summed E-state index contributed by atoms with van der Waals surface area (Å²) in [7, 11) is -3.62. The standard InChI is InChI=1S/C13H19NO3S.C10H14N2O/c1-3-4-5-8-12(2)18(16,17)14-10-7-6-9-13(14)11-15;1-7-4-2-3-5-8(7)6-9(11)10(12)13/h3-5,8,11,13H,2,6-7,9-10H2,1H3;2-5,9H,6,11H2,1H3,(H2,12,13)/b4-3-,8-5-;/t;9-/m.0/s1. The van der Waals surface area contributed by atoms with Crippen LogP contribution in [0.25, 0.3) is 0 Å². The fourth-order valence-electron chi connectivity index (χ4n) is 3.05. The minimum atomic E-state index is -3.62. The Kier molecular flexibility index (Phi) is 11.1. The van der Waals surface area contributed by atoms with E-state index in [1.54, 1.807) is 18.2 Å². The smallest absolute Gasteiger partial charge is 0.243 e. The molecule has 0 aromatic heterocycles. The molecule has 0 aliphatic carbocycles. The maximum Gasteiger partial charge on any atom is 0.243 e. The molecule has 170 valence electrons. The van der Waals surface area contributed by atoms with Crippen LogP contribution >= 0.6 is 0 Å². The third kappa shape index (κ3) is 8.24. The van der Waals surface area contributed by atoms with Gasteiger partial charge >= 0.3 is 0 Å². The van der Waals surface area contributed by atoms with Crippen molar-refractivity contribution >= 4 is 22.2 Å². The Morgan fingerprint density at radius 1 is 1.29 bits per heavy atom. The van der Waals surface area contributed by atoms with Crippen molar-refractivity contribution in [2.24, 2.45) is 11.5 Å². The maximum absolute atomic E-state index is 12.2. The predicted octanol–water partition coefficient (Wildman–Crippen LogP) is 2.37. The fraction of sp³-hybridized carbons (Fsp3) is 0.391. The summed E-state index contributed by atoms with van der Waals surface area (Å²) in [5.74, 6) is -0.455. The van der Waals surface area contributed by atoms with E-state index >= 15 is 0 Å². The van der Waals surface area contributed by atoms with Gasteiger partial charge in [0.2, 0.25) is 15.9 Å². The molecule has 1 amide bonds. The maximum atomic E-state index is 12.2. The normalized spacial score (nSPS) is 18.4. The van der Waals surface area contributed by atoms with E-state index in [1.807, 2.05) is 38.1 Å². The van der Waals surface area contributed by atoms with Gasteiger partial charge in [-0.15, -0.1) is 0 Å². The van der Waals surface area contributed by atoms with Gasteiger partial charge in [0.15, 0.2) is 0 Å². The summed E-state index contributed by atoms with van der Waals surface area (Å²) in [4.78, 5) is 21.7. The number of nitrogens with two attached hydrogens (primary N) is 2. The second kappa shape index (κ2) is 13.0. The van der Waals surface area contributed by atoms with Crippen molar-refractivity contribution in [2.75, 3.05) is 6.54 Å². The quantitative estimate of drug-likeness (QED) is 0.468. The average Bonchev–Trinajstić information content (AvgIpc) is 2.75. The molecule has 8 heteroatoms. The van der Waals surface area contributed by atoms with Gasteiger partial charge in [0.25, 0.3) is 0 Å². The Labute approximate surface area is 185 Å². The molecule has 1 fully saturated rings. The lowest BCUT2D eigenvalue weighted by atomic mass is 10.0. The molecule has 0 saturated carbocycles. The van der Waals surface area contributed by atoms with Gasteiger partial charge in [0, 0.05) is 6.54 Å². The molecule has 1 aliphatic heterocycles. The van der Waals surface area contributed by atoms with Gasteiger partial charge in [0.1, 0.15) is 6.29 Å². The number of nitrogens with zero attached hydrogens (tertiary/aromatic N) is 1. The van der Waals surface area contributed by atoms with Crippen LogP contribution in [0.15, 0.2) is 60.1 Å². The van der Waals surface area contributed by atoms with E-state index < -0.39 is 28.0 Å². The number of carbonyl (C=O) groups excluding carboxylic acids is 2. The van der Waals surface area contributed by atoms with Crippen LogP contribution in [0.3, 0.4) is 0 Å². The van der Waals surface area contributed by atoms with Crippen molar-refractivity contribution in [2.45, 2.75) is 51.6 Å². The molecule has 1 heterocycles.